The van der Waals surface area contributed by atoms with Crippen LogP contribution in [0.5, 0.6) is 0 Å². The van der Waals surface area contributed by atoms with Gasteiger partial charge in [-0.15, -0.1) is 0 Å². The molecule has 3 heteroatoms. The molecule has 1 rings (SSSR count). The Labute approximate surface area is 73.7 Å². The van der Waals surface area contributed by atoms with Gasteiger partial charge < -0.3 is 11.1 Å². The second kappa shape index (κ2) is 3.90. The molecule has 0 aromatic heterocycles. The first-order valence-electron chi connectivity index (χ1n) is 4.71. The van der Waals surface area contributed by atoms with Crippen molar-refractivity contribution >= 4 is 5.91 Å². The number of hydrogen-bond donors (Lipinski definition) is 2. The predicted molar refractivity (Wildman–Crippen MR) is 48.6 cm³/mol. The molecule has 2 unspecified atom stereocenters. The zero-order chi connectivity index (χ0) is 9.14. The van der Waals surface area contributed by atoms with Crippen LogP contribution in [0.1, 0.15) is 33.1 Å². The Bertz CT molecular complexity index is 166. The highest BCUT2D eigenvalue weighted by Crippen LogP contribution is 2.31. The van der Waals surface area contributed by atoms with Crippen molar-refractivity contribution in [2.45, 2.75) is 45.2 Å². The number of nitrogens with two attached hydrogens (primary N) is 1. The Kier molecular flexibility index (Phi) is 3.09. The SMILES string of the molecule is CCC(C)NC(=O)C(N)C1CC1. The van der Waals surface area contributed by atoms with Crippen molar-refractivity contribution in [3.63, 3.8) is 0 Å². The maximum absolute atomic E-state index is 11.4. The molecule has 0 aromatic rings. The van der Waals surface area contributed by atoms with Crippen LogP contribution < -0.4 is 11.1 Å². The Morgan fingerprint density at radius 1 is 1.67 bits per heavy atom. The molecule has 0 radical (unpaired) electrons. The molecule has 0 aliphatic heterocycles. The van der Waals surface area contributed by atoms with Crippen LogP contribution >= 0.6 is 0 Å². The van der Waals surface area contributed by atoms with E-state index < -0.39 is 0 Å². The number of carbonyl (C=O) groups is 1. The van der Waals surface area contributed by atoms with Crippen LogP contribution in [0.15, 0.2) is 0 Å². The molecule has 1 aliphatic rings. The largest absolute Gasteiger partial charge is 0.352 e. The number of amides is 1. The highest BCUT2D eigenvalue weighted by Gasteiger charge is 2.33. The van der Waals surface area contributed by atoms with Crippen molar-refractivity contribution in [1.29, 1.82) is 0 Å². The van der Waals surface area contributed by atoms with Gasteiger partial charge in [0.2, 0.25) is 5.91 Å². The topological polar surface area (TPSA) is 55.1 Å². The minimum Gasteiger partial charge on any atom is -0.352 e. The fourth-order valence-electron chi connectivity index (χ4n) is 1.11. The van der Waals surface area contributed by atoms with Crippen LogP contribution in [0, 0.1) is 5.92 Å². The summed E-state index contributed by atoms with van der Waals surface area (Å²) in [6.45, 7) is 4.05. The third-order valence-corrected chi connectivity index (χ3v) is 2.43. The van der Waals surface area contributed by atoms with Gasteiger partial charge in [-0.2, -0.15) is 0 Å². The van der Waals surface area contributed by atoms with Gasteiger partial charge in [0.15, 0.2) is 0 Å². The van der Waals surface area contributed by atoms with Crippen LogP contribution in [0.2, 0.25) is 0 Å². The number of carbonyl (C=O) groups excluding carboxylic acids is 1. The second-order valence-corrected chi connectivity index (χ2v) is 3.68. The van der Waals surface area contributed by atoms with E-state index >= 15 is 0 Å². The van der Waals surface area contributed by atoms with E-state index in [9.17, 15) is 4.79 Å². The van der Waals surface area contributed by atoms with Crippen LogP contribution in [-0.2, 0) is 4.79 Å². The number of nitrogens with one attached hydrogen (secondary N) is 1. The smallest absolute Gasteiger partial charge is 0.237 e. The quantitative estimate of drug-likeness (QED) is 0.650. The molecule has 1 fully saturated rings. The first-order valence-corrected chi connectivity index (χ1v) is 4.71. The Balaban J connectivity index is 2.26. The average Bonchev–Trinajstić information content (AvgIpc) is 2.85. The van der Waals surface area contributed by atoms with Crippen LogP contribution in [0.3, 0.4) is 0 Å². The molecule has 3 nitrogen and oxygen atoms in total. The van der Waals surface area contributed by atoms with Crippen LogP contribution in [-0.4, -0.2) is 18.0 Å². The molecule has 3 N–H and O–H groups in total. The zero-order valence-electron chi connectivity index (χ0n) is 7.84. The summed E-state index contributed by atoms with van der Waals surface area (Å²) < 4.78 is 0. The first kappa shape index (κ1) is 9.52. The molecule has 0 bridgehead atoms. The van der Waals surface area contributed by atoms with Gasteiger partial charge in [-0.25, -0.2) is 0 Å². The van der Waals surface area contributed by atoms with Gasteiger partial charge in [0, 0.05) is 6.04 Å². The Morgan fingerprint density at radius 3 is 2.67 bits per heavy atom. The third-order valence-electron chi connectivity index (χ3n) is 2.43. The monoisotopic (exact) mass is 170 g/mol. The summed E-state index contributed by atoms with van der Waals surface area (Å²) in [5.41, 5.74) is 5.71. The van der Waals surface area contributed by atoms with Gasteiger partial charge in [0.05, 0.1) is 6.04 Å². The van der Waals surface area contributed by atoms with E-state index in [0.717, 1.165) is 19.3 Å². The van der Waals surface area contributed by atoms with Gasteiger partial charge in [-0.05, 0) is 32.1 Å². The van der Waals surface area contributed by atoms with Gasteiger partial charge in [0.25, 0.3) is 0 Å². The normalized spacial score (nSPS) is 21.6. The van der Waals surface area contributed by atoms with E-state index in [-0.39, 0.29) is 18.0 Å². The average molecular weight is 170 g/mol. The summed E-state index contributed by atoms with van der Waals surface area (Å²) in [6.07, 6.45) is 3.20. The van der Waals surface area contributed by atoms with Crippen LogP contribution in [0.25, 0.3) is 0 Å². The molecule has 0 aromatic carbocycles. The molecule has 0 spiro atoms. The molecule has 2 atom stereocenters. The van der Waals surface area contributed by atoms with E-state index in [1.54, 1.807) is 0 Å². The second-order valence-electron chi connectivity index (χ2n) is 3.68. The van der Waals surface area contributed by atoms with E-state index in [1.165, 1.54) is 0 Å². The molecular formula is C9H18N2O. The minimum atomic E-state index is -0.265. The van der Waals surface area contributed by atoms with Crippen LogP contribution in [0.4, 0.5) is 0 Å². The third kappa shape index (κ3) is 2.48. The molecule has 0 saturated heterocycles. The van der Waals surface area contributed by atoms with Crippen molar-refractivity contribution in [3.05, 3.63) is 0 Å². The molecular weight excluding hydrogens is 152 g/mol. The fourth-order valence-corrected chi connectivity index (χ4v) is 1.11. The zero-order valence-corrected chi connectivity index (χ0v) is 7.84. The number of hydrogen-bond acceptors (Lipinski definition) is 2. The van der Waals surface area contributed by atoms with E-state index in [0.29, 0.717) is 5.92 Å². The van der Waals surface area contributed by atoms with Gasteiger partial charge in [0.1, 0.15) is 0 Å². The van der Waals surface area contributed by atoms with Crippen molar-refractivity contribution < 1.29 is 4.79 Å². The van der Waals surface area contributed by atoms with E-state index in [2.05, 4.69) is 5.32 Å². The lowest BCUT2D eigenvalue weighted by atomic mass is 10.1. The minimum absolute atomic E-state index is 0.0202. The van der Waals surface area contributed by atoms with E-state index in [1.807, 2.05) is 13.8 Å². The van der Waals surface area contributed by atoms with Crippen molar-refractivity contribution in [2.75, 3.05) is 0 Å². The van der Waals surface area contributed by atoms with Gasteiger partial charge >= 0.3 is 0 Å². The summed E-state index contributed by atoms with van der Waals surface area (Å²) in [4.78, 5) is 11.4. The Hall–Kier alpha value is -0.570. The molecule has 70 valence electrons. The standard InChI is InChI=1S/C9H18N2O/c1-3-6(2)11-9(12)8(10)7-4-5-7/h6-8H,3-5,10H2,1-2H3,(H,11,12). The first-order chi connectivity index (χ1) is 5.65. The summed E-state index contributed by atoms with van der Waals surface area (Å²) in [6, 6.07) is -0.0127. The summed E-state index contributed by atoms with van der Waals surface area (Å²) in [7, 11) is 0. The predicted octanol–water partition coefficient (Wildman–Crippen LogP) is 0.638. The van der Waals surface area contributed by atoms with Gasteiger partial charge in [-0.3, -0.25) is 4.79 Å². The highest BCUT2D eigenvalue weighted by molar-refractivity contribution is 5.82. The molecule has 0 heterocycles. The lowest BCUT2D eigenvalue weighted by molar-refractivity contribution is -0.123. The van der Waals surface area contributed by atoms with Crippen molar-refractivity contribution in [2.24, 2.45) is 11.7 Å². The highest BCUT2D eigenvalue weighted by atomic mass is 16.2. The molecule has 12 heavy (non-hydrogen) atoms. The summed E-state index contributed by atoms with van der Waals surface area (Å²) in [5, 5.41) is 2.89. The summed E-state index contributed by atoms with van der Waals surface area (Å²) in [5.74, 6) is 0.473. The van der Waals surface area contributed by atoms with Crippen molar-refractivity contribution in [1.82, 2.24) is 5.32 Å². The van der Waals surface area contributed by atoms with Gasteiger partial charge in [-0.1, -0.05) is 6.92 Å². The molecule has 1 amide bonds. The maximum atomic E-state index is 11.4. The fraction of sp³-hybridized carbons (Fsp3) is 0.889. The molecule has 1 aliphatic carbocycles. The van der Waals surface area contributed by atoms with Crippen molar-refractivity contribution in [3.8, 4) is 0 Å². The molecule has 1 saturated carbocycles. The lowest BCUT2D eigenvalue weighted by Gasteiger charge is -2.15. The number of rotatable bonds is 4. The summed E-state index contributed by atoms with van der Waals surface area (Å²) >= 11 is 0. The lowest BCUT2D eigenvalue weighted by Crippen LogP contribution is -2.45. The Morgan fingerprint density at radius 2 is 2.25 bits per heavy atom. The van der Waals surface area contributed by atoms with E-state index in [4.69, 9.17) is 5.73 Å². The maximum Gasteiger partial charge on any atom is 0.237 e.